The van der Waals surface area contributed by atoms with Crippen LogP contribution in [0, 0.1) is 18.6 Å². The highest BCUT2D eigenvalue weighted by atomic mass is 19.1. The van der Waals surface area contributed by atoms with Gasteiger partial charge in [0.2, 0.25) is 0 Å². The number of carboxylic acids is 1. The number of aryl methyl sites for hydroxylation is 1. The van der Waals surface area contributed by atoms with Crippen molar-refractivity contribution in [2.75, 3.05) is 0 Å². The van der Waals surface area contributed by atoms with Crippen LogP contribution in [0.5, 0.6) is 0 Å². The Bertz CT molecular complexity index is 541. The Balaban J connectivity index is 2.37. The van der Waals surface area contributed by atoms with E-state index in [1.807, 2.05) is 0 Å². The van der Waals surface area contributed by atoms with Crippen molar-refractivity contribution < 1.29 is 18.7 Å². The van der Waals surface area contributed by atoms with Crippen LogP contribution in [0.4, 0.5) is 8.78 Å². The highest BCUT2D eigenvalue weighted by molar-refractivity contribution is 5.80. The number of nitrogens with one attached hydrogen (secondary N) is 1. The standard InChI is InChI=1S/C16H21F2NO2/c1-10-8-14(18)12(9-13(10)17)16(2,15(20)21)19-11-6-4-3-5-7-11/h8-9,11,19H,3-7H2,1-2H3,(H,20,21). The summed E-state index contributed by atoms with van der Waals surface area (Å²) in [6.07, 6.45) is 4.91. The van der Waals surface area contributed by atoms with Crippen LogP contribution in [0.15, 0.2) is 12.1 Å². The molecule has 0 radical (unpaired) electrons. The minimum Gasteiger partial charge on any atom is -0.480 e. The number of rotatable bonds is 4. The first-order valence-electron chi connectivity index (χ1n) is 7.32. The lowest BCUT2D eigenvalue weighted by Gasteiger charge is -2.34. The van der Waals surface area contributed by atoms with Gasteiger partial charge in [-0.15, -0.1) is 0 Å². The van der Waals surface area contributed by atoms with E-state index in [-0.39, 0.29) is 17.2 Å². The minimum atomic E-state index is -1.62. The number of aliphatic carboxylic acids is 1. The van der Waals surface area contributed by atoms with E-state index >= 15 is 0 Å². The van der Waals surface area contributed by atoms with E-state index in [4.69, 9.17) is 0 Å². The average Bonchev–Trinajstić information content (AvgIpc) is 2.43. The summed E-state index contributed by atoms with van der Waals surface area (Å²) < 4.78 is 27.9. The first kappa shape index (κ1) is 15.9. The molecule has 116 valence electrons. The maximum atomic E-state index is 14.2. The van der Waals surface area contributed by atoms with Crippen molar-refractivity contribution >= 4 is 5.97 Å². The van der Waals surface area contributed by atoms with Gasteiger partial charge in [-0.3, -0.25) is 5.32 Å². The Morgan fingerprint density at radius 3 is 2.43 bits per heavy atom. The van der Waals surface area contributed by atoms with Crippen molar-refractivity contribution in [3.63, 3.8) is 0 Å². The molecule has 5 heteroatoms. The van der Waals surface area contributed by atoms with E-state index in [0.29, 0.717) is 0 Å². The van der Waals surface area contributed by atoms with Crippen LogP contribution in [0.1, 0.15) is 50.2 Å². The lowest BCUT2D eigenvalue weighted by Crippen LogP contribution is -2.52. The molecule has 0 saturated heterocycles. The van der Waals surface area contributed by atoms with Gasteiger partial charge in [-0.1, -0.05) is 19.3 Å². The summed E-state index contributed by atoms with van der Waals surface area (Å²) in [5, 5.41) is 12.6. The third-order valence-electron chi connectivity index (χ3n) is 4.31. The fourth-order valence-electron chi connectivity index (χ4n) is 2.94. The smallest absolute Gasteiger partial charge is 0.328 e. The summed E-state index contributed by atoms with van der Waals surface area (Å²) in [4.78, 5) is 11.7. The molecule has 3 nitrogen and oxygen atoms in total. The molecule has 1 atom stereocenters. The first-order valence-corrected chi connectivity index (χ1v) is 7.32. The topological polar surface area (TPSA) is 49.3 Å². The zero-order valence-corrected chi connectivity index (χ0v) is 12.4. The molecule has 0 amide bonds. The van der Waals surface area contributed by atoms with E-state index in [1.165, 1.54) is 13.8 Å². The highest BCUT2D eigenvalue weighted by Crippen LogP contribution is 2.29. The molecule has 1 unspecified atom stereocenters. The minimum absolute atomic E-state index is 0.0172. The monoisotopic (exact) mass is 297 g/mol. The lowest BCUT2D eigenvalue weighted by molar-refractivity contribution is -0.145. The second-order valence-corrected chi connectivity index (χ2v) is 5.99. The second-order valence-electron chi connectivity index (χ2n) is 5.99. The van der Waals surface area contributed by atoms with Crippen molar-refractivity contribution in [1.29, 1.82) is 0 Å². The molecule has 0 bridgehead atoms. The van der Waals surface area contributed by atoms with Crippen molar-refractivity contribution in [2.45, 2.75) is 57.5 Å². The summed E-state index contributed by atoms with van der Waals surface area (Å²) in [7, 11) is 0. The third-order valence-corrected chi connectivity index (χ3v) is 4.31. The van der Waals surface area contributed by atoms with Crippen LogP contribution in [-0.4, -0.2) is 17.1 Å². The molecular weight excluding hydrogens is 276 g/mol. The normalized spacial score (nSPS) is 19.2. The summed E-state index contributed by atoms with van der Waals surface area (Å²) in [6.45, 7) is 2.85. The largest absolute Gasteiger partial charge is 0.480 e. The zero-order valence-electron chi connectivity index (χ0n) is 12.4. The Morgan fingerprint density at radius 2 is 1.86 bits per heavy atom. The number of carbonyl (C=O) groups is 1. The van der Waals surface area contributed by atoms with Crippen LogP contribution < -0.4 is 5.32 Å². The molecule has 0 heterocycles. The van der Waals surface area contributed by atoms with Gasteiger partial charge in [-0.2, -0.15) is 0 Å². The van der Waals surface area contributed by atoms with Gasteiger partial charge in [0.25, 0.3) is 0 Å². The van der Waals surface area contributed by atoms with Crippen molar-refractivity contribution in [2.24, 2.45) is 0 Å². The number of hydrogen-bond donors (Lipinski definition) is 2. The van der Waals surface area contributed by atoms with Crippen molar-refractivity contribution in [3.8, 4) is 0 Å². The van der Waals surface area contributed by atoms with Gasteiger partial charge in [0.05, 0.1) is 0 Å². The van der Waals surface area contributed by atoms with E-state index in [1.54, 1.807) is 0 Å². The van der Waals surface area contributed by atoms with Gasteiger partial charge in [0.1, 0.15) is 17.2 Å². The van der Waals surface area contributed by atoms with Crippen molar-refractivity contribution in [1.82, 2.24) is 5.32 Å². The number of hydrogen-bond acceptors (Lipinski definition) is 2. The molecule has 21 heavy (non-hydrogen) atoms. The van der Waals surface area contributed by atoms with Gasteiger partial charge in [0.15, 0.2) is 0 Å². The van der Waals surface area contributed by atoms with Crippen molar-refractivity contribution in [3.05, 3.63) is 34.9 Å². The van der Waals surface area contributed by atoms with Crippen LogP contribution >= 0.6 is 0 Å². The van der Waals surface area contributed by atoms with E-state index in [2.05, 4.69) is 5.32 Å². The van der Waals surface area contributed by atoms with Gasteiger partial charge in [-0.25, -0.2) is 13.6 Å². The quantitative estimate of drug-likeness (QED) is 0.894. The Hall–Kier alpha value is -1.49. The number of carboxylic acid groups (broad SMARTS) is 1. The summed E-state index contributed by atoms with van der Waals surface area (Å²) in [5.41, 5.74) is -1.61. The van der Waals surface area contributed by atoms with E-state index < -0.39 is 23.1 Å². The predicted molar refractivity (Wildman–Crippen MR) is 76.1 cm³/mol. The van der Waals surface area contributed by atoms with E-state index in [9.17, 15) is 18.7 Å². The van der Waals surface area contributed by atoms with Crippen LogP contribution in [-0.2, 0) is 10.3 Å². The van der Waals surface area contributed by atoms with Crippen LogP contribution in [0.3, 0.4) is 0 Å². The molecular formula is C16H21F2NO2. The van der Waals surface area contributed by atoms with Gasteiger partial charge >= 0.3 is 5.97 Å². The number of benzene rings is 1. The lowest BCUT2D eigenvalue weighted by atomic mass is 9.87. The summed E-state index contributed by atoms with van der Waals surface area (Å²) in [5.74, 6) is -2.48. The molecule has 0 aliphatic heterocycles. The Labute approximate surface area is 123 Å². The highest BCUT2D eigenvalue weighted by Gasteiger charge is 2.40. The summed E-state index contributed by atoms with van der Waals surface area (Å²) in [6, 6.07) is 2.06. The van der Waals surface area contributed by atoms with Gasteiger partial charge in [-0.05, 0) is 44.4 Å². The molecule has 2 N–H and O–H groups in total. The molecule has 1 fully saturated rings. The molecule has 1 aliphatic rings. The Kier molecular flexibility index (Phi) is 4.61. The molecule has 1 saturated carbocycles. The molecule has 0 spiro atoms. The summed E-state index contributed by atoms with van der Waals surface area (Å²) >= 11 is 0. The maximum Gasteiger partial charge on any atom is 0.328 e. The molecule has 2 rings (SSSR count). The molecule has 1 aromatic carbocycles. The third kappa shape index (κ3) is 3.23. The van der Waals surface area contributed by atoms with Gasteiger partial charge < -0.3 is 5.11 Å². The number of halogens is 2. The van der Waals surface area contributed by atoms with Crippen LogP contribution in [0.2, 0.25) is 0 Å². The zero-order chi connectivity index (χ0) is 15.6. The maximum absolute atomic E-state index is 14.2. The first-order chi connectivity index (χ1) is 9.84. The molecule has 0 aromatic heterocycles. The second kappa shape index (κ2) is 6.10. The SMILES string of the molecule is Cc1cc(F)c(C(C)(NC2CCCCC2)C(=O)O)cc1F. The molecule has 1 aliphatic carbocycles. The average molecular weight is 297 g/mol. The van der Waals surface area contributed by atoms with Crippen LogP contribution in [0.25, 0.3) is 0 Å². The fraction of sp³-hybridized carbons (Fsp3) is 0.562. The fourth-order valence-corrected chi connectivity index (χ4v) is 2.94. The van der Waals surface area contributed by atoms with E-state index in [0.717, 1.165) is 44.2 Å². The Morgan fingerprint density at radius 1 is 1.24 bits per heavy atom. The molecule has 1 aromatic rings. The van der Waals surface area contributed by atoms with Gasteiger partial charge in [0, 0.05) is 11.6 Å². The predicted octanol–water partition coefficient (Wildman–Crippen LogP) is 3.50.